The summed E-state index contributed by atoms with van der Waals surface area (Å²) < 4.78 is 12.2. The van der Waals surface area contributed by atoms with Crippen molar-refractivity contribution < 1.29 is 14.3 Å². The topological polar surface area (TPSA) is 79.1 Å². The lowest BCUT2D eigenvalue weighted by atomic mass is 10.1. The van der Waals surface area contributed by atoms with Gasteiger partial charge in [-0.1, -0.05) is 0 Å². The number of esters is 1. The van der Waals surface area contributed by atoms with Crippen molar-refractivity contribution in [3.05, 3.63) is 41.9 Å². The van der Waals surface area contributed by atoms with E-state index in [0.29, 0.717) is 17.8 Å². The molecule has 0 aliphatic carbocycles. The number of aryl methyl sites for hydroxylation is 1. The highest BCUT2D eigenvalue weighted by Gasteiger charge is 2.19. The van der Waals surface area contributed by atoms with Gasteiger partial charge < -0.3 is 9.47 Å². The van der Waals surface area contributed by atoms with E-state index in [1.807, 2.05) is 32.9 Å². The zero-order valence-corrected chi connectivity index (χ0v) is 14.7. The van der Waals surface area contributed by atoms with Gasteiger partial charge in [0.05, 0.1) is 12.7 Å². The molecule has 3 heterocycles. The Hall–Kier alpha value is -2.80. The molecule has 0 aliphatic rings. The molecule has 130 valence electrons. The highest BCUT2D eigenvalue weighted by atomic mass is 16.5. The number of pyridine rings is 2. The number of nitrogens with zero attached hydrogens (tertiary/aromatic N) is 4. The Labute approximate surface area is 145 Å². The van der Waals surface area contributed by atoms with Crippen molar-refractivity contribution >= 4 is 17.0 Å². The van der Waals surface area contributed by atoms with Gasteiger partial charge in [-0.2, -0.15) is 5.10 Å². The third-order valence-electron chi connectivity index (χ3n) is 3.89. The molecule has 0 bridgehead atoms. The third-order valence-corrected chi connectivity index (χ3v) is 3.89. The van der Waals surface area contributed by atoms with Gasteiger partial charge in [0.25, 0.3) is 0 Å². The standard InChI is InChI=1S/C18H20N4O3/c1-5-25-12(3)22-17-15(9-14(10-20-17)18(23)24-4)16(21-22)13-6-7-19-11(2)8-13/h6-10,12H,5H2,1-4H3. The Kier molecular flexibility index (Phi) is 4.76. The van der Waals surface area contributed by atoms with E-state index in [4.69, 9.17) is 14.6 Å². The van der Waals surface area contributed by atoms with Crippen LogP contribution < -0.4 is 0 Å². The molecule has 0 aromatic carbocycles. The third kappa shape index (κ3) is 3.23. The van der Waals surface area contributed by atoms with E-state index in [9.17, 15) is 4.79 Å². The van der Waals surface area contributed by atoms with Gasteiger partial charge in [0.2, 0.25) is 0 Å². The Morgan fingerprint density at radius 1 is 1.32 bits per heavy atom. The lowest BCUT2D eigenvalue weighted by molar-refractivity contribution is 0.0189. The number of carbonyl (C=O) groups excluding carboxylic acids is 1. The van der Waals surface area contributed by atoms with Crippen LogP contribution in [0.4, 0.5) is 0 Å². The first kappa shape index (κ1) is 17.0. The van der Waals surface area contributed by atoms with E-state index < -0.39 is 5.97 Å². The number of ether oxygens (including phenoxy) is 2. The van der Waals surface area contributed by atoms with Crippen LogP contribution >= 0.6 is 0 Å². The number of fused-ring (bicyclic) bond motifs is 1. The Morgan fingerprint density at radius 3 is 2.80 bits per heavy atom. The van der Waals surface area contributed by atoms with Gasteiger partial charge in [-0.3, -0.25) is 4.98 Å². The number of hydrogen-bond acceptors (Lipinski definition) is 6. The summed E-state index contributed by atoms with van der Waals surface area (Å²) in [6.45, 7) is 6.32. The first-order valence-electron chi connectivity index (χ1n) is 8.06. The molecule has 7 heteroatoms. The molecule has 0 saturated carbocycles. The van der Waals surface area contributed by atoms with E-state index in [2.05, 4.69) is 9.97 Å². The minimum atomic E-state index is -0.433. The zero-order chi connectivity index (χ0) is 18.0. The van der Waals surface area contributed by atoms with Crippen LogP contribution in [0.5, 0.6) is 0 Å². The minimum Gasteiger partial charge on any atom is -0.465 e. The van der Waals surface area contributed by atoms with E-state index in [-0.39, 0.29) is 6.23 Å². The molecular weight excluding hydrogens is 320 g/mol. The molecule has 3 aromatic heterocycles. The second kappa shape index (κ2) is 6.98. The summed E-state index contributed by atoms with van der Waals surface area (Å²) in [5, 5.41) is 5.46. The second-order valence-corrected chi connectivity index (χ2v) is 5.62. The van der Waals surface area contributed by atoms with Gasteiger partial charge >= 0.3 is 5.97 Å². The van der Waals surface area contributed by atoms with E-state index >= 15 is 0 Å². The Bertz CT molecular complexity index is 920. The van der Waals surface area contributed by atoms with Crippen LogP contribution in [0, 0.1) is 6.92 Å². The van der Waals surface area contributed by atoms with Crippen molar-refractivity contribution in [2.24, 2.45) is 0 Å². The van der Waals surface area contributed by atoms with Crippen molar-refractivity contribution in [1.29, 1.82) is 0 Å². The molecule has 0 aliphatic heterocycles. The monoisotopic (exact) mass is 340 g/mol. The van der Waals surface area contributed by atoms with Crippen molar-refractivity contribution in [1.82, 2.24) is 19.7 Å². The van der Waals surface area contributed by atoms with Crippen molar-refractivity contribution in [3.8, 4) is 11.3 Å². The molecule has 0 radical (unpaired) electrons. The van der Waals surface area contributed by atoms with Crippen LogP contribution in [0.25, 0.3) is 22.3 Å². The average molecular weight is 340 g/mol. The van der Waals surface area contributed by atoms with Gasteiger partial charge in [-0.15, -0.1) is 0 Å². The Morgan fingerprint density at radius 2 is 2.12 bits per heavy atom. The molecule has 3 aromatic rings. The summed E-state index contributed by atoms with van der Waals surface area (Å²) >= 11 is 0. The molecule has 7 nitrogen and oxygen atoms in total. The maximum absolute atomic E-state index is 11.9. The fourth-order valence-electron chi connectivity index (χ4n) is 2.72. The maximum atomic E-state index is 11.9. The SMILES string of the molecule is CCOC(C)n1nc(-c2ccnc(C)c2)c2cc(C(=O)OC)cnc21. The van der Waals surface area contributed by atoms with E-state index in [1.54, 1.807) is 16.9 Å². The van der Waals surface area contributed by atoms with Gasteiger partial charge in [-0.25, -0.2) is 14.5 Å². The van der Waals surface area contributed by atoms with Crippen LogP contribution in [-0.2, 0) is 9.47 Å². The van der Waals surface area contributed by atoms with Crippen LogP contribution in [0.3, 0.4) is 0 Å². The van der Waals surface area contributed by atoms with Crippen LogP contribution in [-0.4, -0.2) is 39.4 Å². The first-order valence-corrected chi connectivity index (χ1v) is 8.06. The predicted octanol–water partition coefficient (Wildman–Crippen LogP) is 3.14. The van der Waals surface area contributed by atoms with Gasteiger partial charge in [0, 0.05) is 35.6 Å². The molecular formula is C18H20N4O3. The highest BCUT2D eigenvalue weighted by Crippen LogP contribution is 2.30. The fourth-order valence-corrected chi connectivity index (χ4v) is 2.72. The number of carbonyl (C=O) groups is 1. The first-order chi connectivity index (χ1) is 12.0. The fraction of sp³-hybridized carbons (Fsp3) is 0.333. The summed E-state index contributed by atoms with van der Waals surface area (Å²) in [6, 6.07) is 5.58. The van der Waals surface area contributed by atoms with Gasteiger partial charge in [-0.05, 0) is 39.0 Å². The number of aromatic nitrogens is 4. The minimum absolute atomic E-state index is 0.277. The van der Waals surface area contributed by atoms with Gasteiger partial charge in [0.15, 0.2) is 5.65 Å². The lowest BCUT2D eigenvalue weighted by Crippen LogP contribution is -2.11. The quantitative estimate of drug-likeness (QED) is 0.664. The summed E-state index contributed by atoms with van der Waals surface area (Å²) in [5.41, 5.74) is 3.55. The maximum Gasteiger partial charge on any atom is 0.339 e. The molecule has 1 unspecified atom stereocenters. The van der Waals surface area contributed by atoms with Crippen molar-refractivity contribution in [2.75, 3.05) is 13.7 Å². The molecule has 1 atom stereocenters. The van der Waals surface area contributed by atoms with E-state index in [0.717, 1.165) is 22.3 Å². The molecule has 0 saturated heterocycles. The van der Waals surface area contributed by atoms with Crippen LogP contribution in [0.2, 0.25) is 0 Å². The number of methoxy groups -OCH3 is 1. The largest absolute Gasteiger partial charge is 0.465 e. The summed E-state index contributed by atoms with van der Waals surface area (Å²) in [5.74, 6) is -0.433. The number of hydrogen-bond donors (Lipinski definition) is 0. The van der Waals surface area contributed by atoms with E-state index in [1.165, 1.54) is 13.3 Å². The highest BCUT2D eigenvalue weighted by molar-refractivity contribution is 5.97. The molecule has 0 amide bonds. The average Bonchev–Trinajstić information content (AvgIpc) is 3.00. The molecule has 0 spiro atoms. The lowest BCUT2D eigenvalue weighted by Gasteiger charge is -2.12. The predicted molar refractivity (Wildman–Crippen MR) is 93.2 cm³/mol. The summed E-state index contributed by atoms with van der Waals surface area (Å²) in [7, 11) is 1.35. The smallest absolute Gasteiger partial charge is 0.339 e. The number of rotatable bonds is 5. The Balaban J connectivity index is 2.24. The van der Waals surface area contributed by atoms with Crippen molar-refractivity contribution in [2.45, 2.75) is 27.0 Å². The molecule has 25 heavy (non-hydrogen) atoms. The normalized spacial score (nSPS) is 12.3. The summed E-state index contributed by atoms with van der Waals surface area (Å²) in [4.78, 5) is 20.5. The summed E-state index contributed by atoms with van der Waals surface area (Å²) in [6.07, 6.45) is 2.95. The molecule has 0 N–H and O–H groups in total. The van der Waals surface area contributed by atoms with Crippen LogP contribution in [0.15, 0.2) is 30.6 Å². The zero-order valence-electron chi connectivity index (χ0n) is 14.7. The second-order valence-electron chi connectivity index (χ2n) is 5.62. The van der Waals surface area contributed by atoms with Crippen LogP contribution in [0.1, 0.15) is 36.1 Å². The van der Waals surface area contributed by atoms with Gasteiger partial charge in [0.1, 0.15) is 11.9 Å². The molecule has 3 rings (SSSR count). The van der Waals surface area contributed by atoms with Crippen molar-refractivity contribution in [3.63, 3.8) is 0 Å². The molecule has 0 fully saturated rings.